The molecule has 0 atom stereocenters. The summed E-state index contributed by atoms with van der Waals surface area (Å²) in [5.74, 6) is -0.971. The summed E-state index contributed by atoms with van der Waals surface area (Å²) in [5, 5.41) is 0. The highest BCUT2D eigenvalue weighted by atomic mass is 32.2. The van der Waals surface area contributed by atoms with Gasteiger partial charge in [0.05, 0.1) is 9.79 Å². The molecule has 2 aromatic rings. The van der Waals surface area contributed by atoms with E-state index < -0.39 is 25.9 Å². The summed E-state index contributed by atoms with van der Waals surface area (Å²) in [4.78, 5) is 10.5. The number of hydrogen-bond acceptors (Lipinski definition) is 6. The van der Waals surface area contributed by atoms with Crippen LogP contribution in [0.4, 0.5) is 0 Å². The number of carbonyl (C=O) groups is 1. The van der Waals surface area contributed by atoms with Crippen molar-refractivity contribution in [1.82, 2.24) is 0 Å². The molecule has 0 spiro atoms. The highest BCUT2D eigenvalue weighted by molar-refractivity contribution is 7.91. The minimum atomic E-state index is -4.24. The first-order chi connectivity index (χ1) is 10.6. The van der Waals surface area contributed by atoms with Crippen molar-refractivity contribution in [3.05, 3.63) is 54.1 Å². The van der Waals surface area contributed by atoms with Gasteiger partial charge in [-0.15, -0.1) is 0 Å². The minimum Gasteiger partial charge on any atom is -0.343 e. The van der Waals surface area contributed by atoms with Crippen LogP contribution >= 0.6 is 0 Å². The lowest BCUT2D eigenvalue weighted by molar-refractivity contribution is -0.131. The highest BCUT2D eigenvalue weighted by Crippen LogP contribution is 2.23. The van der Waals surface area contributed by atoms with Gasteiger partial charge >= 0.3 is 16.1 Å². The Morgan fingerprint density at radius 1 is 0.783 bits per heavy atom. The Morgan fingerprint density at radius 2 is 1.17 bits per heavy atom. The number of aryl methyl sites for hydroxylation is 1. The fraction of sp³-hybridized carbons (Fsp3) is 0.133. The summed E-state index contributed by atoms with van der Waals surface area (Å²) in [6.07, 6.45) is 0. The fourth-order valence-corrected chi connectivity index (χ4v) is 3.98. The minimum absolute atomic E-state index is 0.0527. The first-order valence-corrected chi connectivity index (χ1v) is 9.39. The molecule has 2 rings (SSSR count). The largest absolute Gasteiger partial charge is 0.343 e. The third-order valence-electron chi connectivity index (χ3n) is 2.98. The SMILES string of the molecule is CC(=O)OS(=O)(=O)c1ccc(S(=O)(=O)c2ccc(C)cc2)cc1. The summed E-state index contributed by atoms with van der Waals surface area (Å²) in [6, 6.07) is 10.8. The molecule has 0 aliphatic rings. The van der Waals surface area contributed by atoms with Crippen molar-refractivity contribution >= 4 is 25.9 Å². The monoisotopic (exact) mass is 354 g/mol. The van der Waals surface area contributed by atoms with Crippen molar-refractivity contribution < 1.29 is 25.8 Å². The summed E-state index contributed by atoms with van der Waals surface area (Å²) >= 11 is 0. The molecular formula is C15H14O6S2. The molecular weight excluding hydrogens is 340 g/mol. The first kappa shape index (κ1) is 17.2. The van der Waals surface area contributed by atoms with Gasteiger partial charge in [0.25, 0.3) is 0 Å². The number of carbonyl (C=O) groups excluding carboxylic acids is 1. The van der Waals surface area contributed by atoms with Gasteiger partial charge < -0.3 is 4.18 Å². The van der Waals surface area contributed by atoms with E-state index in [1.54, 1.807) is 12.1 Å². The summed E-state index contributed by atoms with van der Waals surface area (Å²) in [6.45, 7) is 2.80. The van der Waals surface area contributed by atoms with Crippen molar-refractivity contribution in [3.8, 4) is 0 Å². The van der Waals surface area contributed by atoms with Gasteiger partial charge in [0.15, 0.2) is 0 Å². The van der Waals surface area contributed by atoms with Crippen LogP contribution < -0.4 is 0 Å². The lowest BCUT2D eigenvalue weighted by Gasteiger charge is -2.07. The molecule has 0 radical (unpaired) electrons. The zero-order valence-corrected chi connectivity index (χ0v) is 14.0. The second-order valence-corrected chi connectivity index (χ2v) is 8.31. The second kappa shape index (κ2) is 6.13. The Kier molecular flexibility index (Phi) is 4.58. The first-order valence-electron chi connectivity index (χ1n) is 6.50. The van der Waals surface area contributed by atoms with Crippen LogP contribution in [0.25, 0.3) is 0 Å². The van der Waals surface area contributed by atoms with Gasteiger partial charge in [0, 0.05) is 6.92 Å². The van der Waals surface area contributed by atoms with Crippen molar-refractivity contribution in [3.63, 3.8) is 0 Å². The molecule has 0 N–H and O–H groups in total. The molecule has 0 unspecified atom stereocenters. The van der Waals surface area contributed by atoms with Gasteiger partial charge in [-0.1, -0.05) is 17.7 Å². The van der Waals surface area contributed by atoms with Crippen LogP contribution in [0.1, 0.15) is 12.5 Å². The molecule has 0 bridgehead atoms. The quantitative estimate of drug-likeness (QED) is 0.780. The predicted molar refractivity (Wildman–Crippen MR) is 82.0 cm³/mol. The number of benzene rings is 2. The lowest BCUT2D eigenvalue weighted by Crippen LogP contribution is -2.10. The van der Waals surface area contributed by atoms with Crippen LogP contribution in [0, 0.1) is 6.92 Å². The molecule has 0 aliphatic heterocycles. The molecule has 0 saturated heterocycles. The topological polar surface area (TPSA) is 94.6 Å². The zero-order valence-electron chi connectivity index (χ0n) is 12.4. The standard InChI is InChI=1S/C15H14O6S2/c1-11-3-5-13(6-4-11)22(17,18)14-7-9-15(10-8-14)23(19,20)21-12(2)16/h3-10H,1-2H3. The van der Waals surface area contributed by atoms with E-state index in [1.807, 2.05) is 6.92 Å². The van der Waals surface area contributed by atoms with Crippen molar-refractivity contribution in [2.45, 2.75) is 28.5 Å². The molecule has 0 aromatic heterocycles. The van der Waals surface area contributed by atoms with E-state index in [-0.39, 0.29) is 14.7 Å². The maximum Gasteiger partial charge on any atom is 0.341 e. The Labute approximate surface area is 134 Å². The van der Waals surface area contributed by atoms with Gasteiger partial charge in [0.2, 0.25) is 9.84 Å². The highest BCUT2D eigenvalue weighted by Gasteiger charge is 2.21. The molecule has 2 aromatic carbocycles. The van der Waals surface area contributed by atoms with E-state index in [0.717, 1.165) is 36.8 Å². The molecule has 23 heavy (non-hydrogen) atoms. The predicted octanol–water partition coefficient (Wildman–Crippen LogP) is 2.08. The van der Waals surface area contributed by atoms with Crippen molar-refractivity contribution in [1.29, 1.82) is 0 Å². The second-order valence-electron chi connectivity index (χ2n) is 4.82. The number of hydrogen-bond donors (Lipinski definition) is 0. The van der Waals surface area contributed by atoms with E-state index in [2.05, 4.69) is 4.18 Å². The van der Waals surface area contributed by atoms with Crippen LogP contribution in [-0.2, 0) is 28.9 Å². The van der Waals surface area contributed by atoms with Gasteiger partial charge in [-0.25, -0.2) is 8.42 Å². The Bertz CT molecular complexity index is 924. The number of rotatable bonds is 4. The smallest absolute Gasteiger partial charge is 0.341 e. The van der Waals surface area contributed by atoms with Gasteiger partial charge in [-0.3, -0.25) is 4.79 Å². The van der Waals surface area contributed by atoms with Crippen molar-refractivity contribution in [2.75, 3.05) is 0 Å². The molecule has 0 amide bonds. The Morgan fingerprint density at radius 3 is 1.61 bits per heavy atom. The molecule has 0 heterocycles. The van der Waals surface area contributed by atoms with E-state index in [1.165, 1.54) is 12.1 Å². The fourth-order valence-electron chi connectivity index (χ4n) is 1.84. The molecule has 0 aliphatic carbocycles. The molecule has 6 nitrogen and oxygen atoms in total. The average molecular weight is 354 g/mol. The molecule has 0 saturated carbocycles. The lowest BCUT2D eigenvalue weighted by atomic mass is 10.2. The molecule has 8 heteroatoms. The third kappa shape index (κ3) is 3.77. The third-order valence-corrected chi connectivity index (χ3v) is 6.07. The van der Waals surface area contributed by atoms with Crippen LogP contribution in [0.2, 0.25) is 0 Å². The summed E-state index contributed by atoms with van der Waals surface area (Å²) in [5.41, 5.74) is 0.923. The van der Waals surface area contributed by atoms with Gasteiger partial charge in [0.1, 0.15) is 4.90 Å². The van der Waals surface area contributed by atoms with Crippen LogP contribution in [0.5, 0.6) is 0 Å². The normalized spacial score (nSPS) is 11.9. The van der Waals surface area contributed by atoms with E-state index >= 15 is 0 Å². The van der Waals surface area contributed by atoms with E-state index in [9.17, 15) is 21.6 Å². The Hall–Kier alpha value is -2.19. The van der Waals surface area contributed by atoms with Gasteiger partial charge in [-0.05, 0) is 43.3 Å². The maximum absolute atomic E-state index is 12.4. The van der Waals surface area contributed by atoms with Gasteiger partial charge in [-0.2, -0.15) is 8.42 Å². The molecule has 0 fully saturated rings. The van der Waals surface area contributed by atoms with E-state index in [0.29, 0.717) is 0 Å². The summed E-state index contributed by atoms with van der Waals surface area (Å²) < 4.78 is 52.6. The van der Waals surface area contributed by atoms with Crippen molar-refractivity contribution in [2.24, 2.45) is 0 Å². The number of sulfone groups is 1. The maximum atomic E-state index is 12.4. The van der Waals surface area contributed by atoms with Crippen LogP contribution in [0.3, 0.4) is 0 Å². The Balaban J connectivity index is 2.39. The van der Waals surface area contributed by atoms with Crippen LogP contribution in [-0.4, -0.2) is 22.8 Å². The average Bonchev–Trinajstić information content (AvgIpc) is 2.46. The summed E-state index contributed by atoms with van der Waals surface area (Å²) in [7, 11) is -7.98. The van der Waals surface area contributed by atoms with Crippen LogP contribution in [0.15, 0.2) is 63.2 Å². The van der Waals surface area contributed by atoms with E-state index in [4.69, 9.17) is 0 Å². The molecule has 122 valence electrons. The zero-order chi connectivity index (χ0) is 17.3.